The fourth-order valence-corrected chi connectivity index (χ4v) is 4.71. The smallest absolute Gasteiger partial charge is 0.321 e. The first kappa shape index (κ1) is 25.3. The van der Waals surface area contributed by atoms with Crippen molar-refractivity contribution in [1.82, 2.24) is 14.7 Å². The van der Waals surface area contributed by atoms with Gasteiger partial charge in [-0.1, -0.05) is 18.2 Å². The Morgan fingerprint density at radius 1 is 1.03 bits per heavy atom. The summed E-state index contributed by atoms with van der Waals surface area (Å²) in [5.41, 5.74) is 1.82. The van der Waals surface area contributed by atoms with Gasteiger partial charge >= 0.3 is 6.03 Å². The van der Waals surface area contributed by atoms with E-state index in [0.29, 0.717) is 18.3 Å². The highest BCUT2D eigenvalue weighted by Gasteiger charge is 2.27. The number of rotatable bonds is 5. The van der Waals surface area contributed by atoms with Crippen LogP contribution in [0.15, 0.2) is 48.5 Å². The number of piperidine rings is 1. The summed E-state index contributed by atoms with van der Waals surface area (Å²) in [6.45, 7) is 6.51. The summed E-state index contributed by atoms with van der Waals surface area (Å²) < 4.78 is 18.6. The van der Waals surface area contributed by atoms with Crippen molar-refractivity contribution >= 4 is 24.1 Å². The number of carbonyl (C=O) groups is 1. The lowest BCUT2D eigenvalue weighted by Crippen LogP contribution is -2.46. The average molecular weight is 477 g/mol. The van der Waals surface area contributed by atoms with Crippen LogP contribution >= 0.6 is 12.4 Å². The molecule has 0 atom stereocenters. The second-order valence-corrected chi connectivity index (χ2v) is 8.67. The molecule has 4 rings (SSSR count). The van der Waals surface area contributed by atoms with Crippen LogP contribution in [0.1, 0.15) is 24.8 Å². The van der Waals surface area contributed by atoms with Gasteiger partial charge in [-0.2, -0.15) is 0 Å². The van der Waals surface area contributed by atoms with Crippen LogP contribution < -0.4 is 10.1 Å². The van der Waals surface area contributed by atoms with E-state index < -0.39 is 0 Å². The summed E-state index contributed by atoms with van der Waals surface area (Å²) in [6, 6.07) is 14.8. The number of hydrogen-bond acceptors (Lipinski definition) is 4. The van der Waals surface area contributed by atoms with Gasteiger partial charge in [0, 0.05) is 44.5 Å². The van der Waals surface area contributed by atoms with E-state index in [1.807, 2.05) is 17.0 Å². The third-order valence-electron chi connectivity index (χ3n) is 6.53. The van der Waals surface area contributed by atoms with Crippen molar-refractivity contribution in [2.24, 2.45) is 0 Å². The number of nitrogens with zero attached hydrogens (tertiary/aromatic N) is 3. The molecule has 1 N–H and O–H groups in total. The highest BCUT2D eigenvalue weighted by molar-refractivity contribution is 5.89. The van der Waals surface area contributed by atoms with Crippen LogP contribution in [0.3, 0.4) is 0 Å². The highest BCUT2D eigenvalue weighted by atomic mass is 35.5. The van der Waals surface area contributed by atoms with Gasteiger partial charge in [0.2, 0.25) is 0 Å². The molecular formula is C25H34ClFN4O2. The average Bonchev–Trinajstić information content (AvgIpc) is 3.07. The predicted molar refractivity (Wildman–Crippen MR) is 132 cm³/mol. The number of urea groups is 1. The zero-order valence-corrected chi connectivity index (χ0v) is 20.0. The van der Waals surface area contributed by atoms with Crippen LogP contribution in [0.4, 0.5) is 14.9 Å². The standard InChI is InChI=1S/C25H33FN4O2.ClH/c1-32-24-8-6-20(7-9-24)19-28-14-10-23(11-15-28)29-12-3-13-30(17-16-29)25(31)27-22-5-2-4-21(26)18-22;/h2,4-9,18,23H,3,10-17,19H2,1H3,(H,27,31);1H. The van der Waals surface area contributed by atoms with E-state index in [4.69, 9.17) is 4.74 Å². The Kier molecular flexibility index (Phi) is 9.35. The summed E-state index contributed by atoms with van der Waals surface area (Å²) in [7, 11) is 1.69. The van der Waals surface area contributed by atoms with E-state index in [1.54, 1.807) is 19.2 Å². The molecule has 2 fully saturated rings. The van der Waals surface area contributed by atoms with Crippen LogP contribution in [-0.2, 0) is 6.54 Å². The second-order valence-electron chi connectivity index (χ2n) is 8.67. The van der Waals surface area contributed by atoms with Crippen LogP contribution in [0, 0.1) is 5.82 Å². The van der Waals surface area contributed by atoms with Crippen LogP contribution in [0.25, 0.3) is 0 Å². The van der Waals surface area contributed by atoms with Gasteiger partial charge in [-0.05, 0) is 68.2 Å². The first-order chi connectivity index (χ1) is 15.6. The molecule has 2 heterocycles. The van der Waals surface area contributed by atoms with E-state index in [2.05, 4.69) is 27.2 Å². The van der Waals surface area contributed by atoms with Crippen molar-refractivity contribution in [3.63, 3.8) is 0 Å². The molecule has 0 aliphatic carbocycles. The van der Waals surface area contributed by atoms with E-state index in [1.165, 1.54) is 17.7 Å². The van der Waals surface area contributed by atoms with Crippen molar-refractivity contribution in [3.8, 4) is 5.75 Å². The number of benzene rings is 2. The number of methoxy groups -OCH3 is 1. The summed E-state index contributed by atoms with van der Waals surface area (Å²) in [5, 5.41) is 2.82. The van der Waals surface area contributed by atoms with Crippen molar-refractivity contribution in [2.75, 3.05) is 51.7 Å². The minimum Gasteiger partial charge on any atom is -0.497 e. The van der Waals surface area contributed by atoms with Gasteiger partial charge < -0.3 is 15.0 Å². The molecule has 0 bridgehead atoms. The second kappa shape index (κ2) is 12.2. The number of amides is 2. The van der Waals surface area contributed by atoms with Crippen LogP contribution in [-0.4, -0.2) is 73.2 Å². The molecule has 0 unspecified atom stereocenters. The summed E-state index contributed by atoms with van der Waals surface area (Å²) in [5.74, 6) is 0.551. The molecule has 2 aromatic carbocycles. The molecule has 180 valence electrons. The maximum atomic E-state index is 13.4. The molecule has 0 aromatic heterocycles. The molecule has 33 heavy (non-hydrogen) atoms. The number of halogens is 2. The van der Waals surface area contributed by atoms with Crippen molar-refractivity contribution in [2.45, 2.75) is 31.8 Å². The fourth-order valence-electron chi connectivity index (χ4n) is 4.71. The Hall–Kier alpha value is -2.35. The van der Waals surface area contributed by atoms with E-state index >= 15 is 0 Å². The quantitative estimate of drug-likeness (QED) is 0.692. The number of anilines is 1. The number of likely N-dealkylation sites (tertiary alicyclic amines) is 1. The molecule has 2 amide bonds. The number of hydrogen-bond donors (Lipinski definition) is 1. The Morgan fingerprint density at radius 2 is 1.79 bits per heavy atom. The molecule has 2 aromatic rings. The normalized spacial score (nSPS) is 18.3. The SMILES string of the molecule is COc1ccc(CN2CCC(N3CCCN(C(=O)Nc4cccc(F)c4)CC3)CC2)cc1.Cl. The van der Waals surface area contributed by atoms with Crippen molar-refractivity contribution in [1.29, 1.82) is 0 Å². The molecule has 2 saturated heterocycles. The lowest BCUT2D eigenvalue weighted by Gasteiger charge is -2.38. The van der Waals surface area contributed by atoms with Gasteiger partial charge in [-0.15, -0.1) is 12.4 Å². The lowest BCUT2D eigenvalue weighted by atomic mass is 10.0. The molecule has 8 heteroatoms. The zero-order chi connectivity index (χ0) is 22.3. The number of ether oxygens (including phenoxy) is 1. The van der Waals surface area contributed by atoms with Gasteiger partial charge in [0.25, 0.3) is 0 Å². The largest absolute Gasteiger partial charge is 0.497 e. The minimum atomic E-state index is -0.344. The van der Waals surface area contributed by atoms with Crippen molar-refractivity contribution in [3.05, 3.63) is 59.9 Å². The zero-order valence-electron chi connectivity index (χ0n) is 19.2. The van der Waals surface area contributed by atoms with Gasteiger partial charge in [0.1, 0.15) is 11.6 Å². The molecule has 0 radical (unpaired) electrons. The Balaban J connectivity index is 0.00000306. The van der Waals surface area contributed by atoms with E-state index in [9.17, 15) is 9.18 Å². The highest BCUT2D eigenvalue weighted by Crippen LogP contribution is 2.21. The minimum absolute atomic E-state index is 0. The number of carbonyl (C=O) groups excluding carboxylic acids is 1. The first-order valence-electron chi connectivity index (χ1n) is 11.5. The number of nitrogens with one attached hydrogen (secondary N) is 1. The molecule has 2 aliphatic heterocycles. The topological polar surface area (TPSA) is 48.1 Å². The predicted octanol–water partition coefficient (Wildman–Crippen LogP) is 4.46. The van der Waals surface area contributed by atoms with Gasteiger partial charge in [0.15, 0.2) is 0 Å². The Labute approximate surface area is 202 Å². The summed E-state index contributed by atoms with van der Waals surface area (Å²) >= 11 is 0. The Morgan fingerprint density at radius 3 is 2.48 bits per heavy atom. The molecule has 0 spiro atoms. The van der Waals surface area contributed by atoms with Gasteiger partial charge in [-0.3, -0.25) is 9.80 Å². The molecular weight excluding hydrogens is 443 g/mol. The molecule has 6 nitrogen and oxygen atoms in total. The van der Waals surface area contributed by atoms with Crippen LogP contribution in [0.2, 0.25) is 0 Å². The lowest BCUT2D eigenvalue weighted by molar-refractivity contribution is 0.108. The Bertz CT molecular complexity index is 890. The van der Waals surface area contributed by atoms with E-state index in [0.717, 1.165) is 64.3 Å². The maximum absolute atomic E-state index is 13.4. The van der Waals surface area contributed by atoms with Crippen molar-refractivity contribution < 1.29 is 13.9 Å². The fraction of sp³-hybridized carbons (Fsp3) is 0.480. The summed E-state index contributed by atoms with van der Waals surface area (Å²) in [6.07, 6.45) is 3.28. The first-order valence-corrected chi connectivity index (χ1v) is 11.5. The third-order valence-corrected chi connectivity index (χ3v) is 6.53. The third kappa shape index (κ3) is 7.06. The van der Waals surface area contributed by atoms with Crippen LogP contribution in [0.5, 0.6) is 5.75 Å². The molecule has 0 saturated carbocycles. The van der Waals surface area contributed by atoms with Gasteiger partial charge in [-0.25, -0.2) is 9.18 Å². The summed E-state index contributed by atoms with van der Waals surface area (Å²) in [4.78, 5) is 19.6. The van der Waals surface area contributed by atoms with Gasteiger partial charge in [0.05, 0.1) is 7.11 Å². The monoisotopic (exact) mass is 476 g/mol. The maximum Gasteiger partial charge on any atom is 0.321 e. The van der Waals surface area contributed by atoms with E-state index in [-0.39, 0.29) is 24.3 Å². The molecule has 2 aliphatic rings.